The molecule has 0 fully saturated rings. The Kier molecular flexibility index (Phi) is 4.22. The van der Waals surface area contributed by atoms with Crippen LogP contribution in [0.3, 0.4) is 0 Å². The van der Waals surface area contributed by atoms with Crippen molar-refractivity contribution in [3.8, 4) is 5.88 Å². The number of fused-ring (bicyclic) bond motifs is 1. The predicted octanol–water partition coefficient (Wildman–Crippen LogP) is 5.15. The second-order valence-electron chi connectivity index (χ2n) is 4.63. The Bertz CT molecular complexity index is 925. The van der Waals surface area contributed by atoms with Crippen molar-refractivity contribution in [1.82, 2.24) is 4.98 Å². The van der Waals surface area contributed by atoms with Gasteiger partial charge in [0.1, 0.15) is 5.82 Å². The lowest BCUT2D eigenvalue weighted by atomic mass is 10.2. The number of para-hydroxylation sites is 1. The van der Waals surface area contributed by atoms with Crippen molar-refractivity contribution in [2.24, 2.45) is 10.2 Å². The van der Waals surface area contributed by atoms with Crippen LogP contribution in [-0.2, 0) is 0 Å². The van der Waals surface area contributed by atoms with E-state index < -0.39 is 5.82 Å². The van der Waals surface area contributed by atoms with Crippen LogP contribution >= 0.6 is 23.8 Å². The van der Waals surface area contributed by atoms with Gasteiger partial charge in [0, 0.05) is 16.1 Å². The molecule has 0 aliphatic heterocycles. The van der Waals surface area contributed by atoms with Gasteiger partial charge in [-0.05, 0) is 36.5 Å². The second-order valence-corrected chi connectivity index (χ2v) is 5.45. The van der Waals surface area contributed by atoms with E-state index in [2.05, 4.69) is 20.5 Å². The summed E-state index contributed by atoms with van der Waals surface area (Å²) in [6.45, 7) is 0. The first kappa shape index (κ1) is 15.4. The summed E-state index contributed by atoms with van der Waals surface area (Å²) in [5.74, 6) is -0.765. The minimum absolute atomic E-state index is 0.0809. The molecule has 0 radical (unpaired) electrons. The summed E-state index contributed by atoms with van der Waals surface area (Å²) < 4.78 is 13.6. The molecule has 0 atom stereocenters. The zero-order valence-electron chi connectivity index (χ0n) is 11.5. The van der Waals surface area contributed by atoms with E-state index in [1.165, 1.54) is 12.1 Å². The van der Waals surface area contributed by atoms with Crippen molar-refractivity contribution in [3.63, 3.8) is 0 Å². The summed E-state index contributed by atoms with van der Waals surface area (Å²) in [7, 11) is 0. The van der Waals surface area contributed by atoms with Crippen LogP contribution in [0.15, 0.2) is 52.7 Å². The molecule has 0 aliphatic carbocycles. The molecule has 0 bridgehead atoms. The summed E-state index contributed by atoms with van der Waals surface area (Å²) >= 11 is 10.9. The molecular weight excluding hydrogens is 339 g/mol. The van der Waals surface area contributed by atoms with Gasteiger partial charge >= 0.3 is 0 Å². The summed E-state index contributed by atoms with van der Waals surface area (Å²) in [5.41, 5.74) is 0.943. The SMILES string of the molecule is Oc1[nH]c2c(F)cccc2c1N=NC(=S)Nc1cccc(Cl)c1. The van der Waals surface area contributed by atoms with Crippen LogP contribution < -0.4 is 5.32 Å². The maximum absolute atomic E-state index is 13.6. The third-order valence-electron chi connectivity index (χ3n) is 3.05. The molecule has 1 aromatic heterocycles. The van der Waals surface area contributed by atoms with Gasteiger partial charge in [-0.2, -0.15) is 0 Å². The highest BCUT2D eigenvalue weighted by Crippen LogP contribution is 2.36. The van der Waals surface area contributed by atoms with E-state index in [4.69, 9.17) is 23.8 Å². The molecule has 0 aliphatic rings. The lowest BCUT2D eigenvalue weighted by Crippen LogP contribution is -2.04. The quantitative estimate of drug-likeness (QED) is 0.443. The van der Waals surface area contributed by atoms with Gasteiger partial charge in [-0.1, -0.05) is 29.8 Å². The molecule has 3 N–H and O–H groups in total. The van der Waals surface area contributed by atoms with E-state index in [1.54, 1.807) is 30.3 Å². The lowest BCUT2D eigenvalue weighted by molar-refractivity contribution is 0.459. The van der Waals surface area contributed by atoms with Gasteiger partial charge in [-0.3, -0.25) is 0 Å². The first-order valence-corrected chi connectivity index (χ1v) is 7.30. The molecule has 0 saturated heterocycles. The zero-order chi connectivity index (χ0) is 16.4. The highest BCUT2D eigenvalue weighted by molar-refractivity contribution is 7.80. The fourth-order valence-electron chi connectivity index (χ4n) is 2.07. The summed E-state index contributed by atoms with van der Waals surface area (Å²) in [4.78, 5) is 2.52. The number of nitrogens with zero attached hydrogens (tertiary/aromatic N) is 2. The number of rotatable bonds is 2. The van der Waals surface area contributed by atoms with E-state index in [-0.39, 0.29) is 22.2 Å². The zero-order valence-corrected chi connectivity index (χ0v) is 13.1. The van der Waals surface area contributed by atoms with Crippen molar-refractivity contribution in [2.45, 2.75) is 0 Å². The van der Waals surface area contributed by atoms with Gasteiger partial charge in [0.05, 0.1) is 5.52 Å². The number of azo groups is 1. The number of hydrogen-bond acceptors (Lipinski definition) is 3. The largest absolute Gasteiger partial charge is 0.493 e. The van der Waals surface area contributed by atoms with Crippen LogP contribution in [0.5, 0.6) is 5.88 Å². The van der Waals surface area contributed by atoms with Gasteiger partial charge in [0.2, 0.25) is 11.0 Å². The normalized spacial score (nSPS) is 11.2. The van der Waals surface area contributed by atoms with Crippen LogP contribution in [0.2, 0.25) is 5.02 Å². The Labute approximate surface area is 140 Å². The molecule has 0 amide bonds. The Balaban J connectivity index is 1.84. The van der Waals surface area contributed by atoms with Crippen LogP contribution in [-0.4, -0.2) is 15.2 Å². The topological polar surface area (TPSA) is 72.8 Å². The molecule has 0 spiro atoms. The van der Waals surface area contributed by atoms with Crippen molar-refractivity contribution in [3.05, 3.63) is 53.3 Å². The Morgan fingerprint density at radius 3 is 2.83 bits per heavy atom. The smallest absolute Gasteiger partial charge is 0.218 e. The number of H-pyrrole nitrogens is 1. The summed E-state index contributed by atoms with van der Waals surface area (Å²) in [5, 5.41) is 21.5. The Morgan fingerprint density at radius 2 is 2.04 bits per heavy atom. The fourth-order valence-corrected chi connectivity index (χ4v) is 2.41. The van der Waals surface area contributed by atoms with E-state index in [9.17, 15) is 9.50 Å². The van der Waals surface area contributed by atoms with Crippen molar-refractivity contribution >= 4 is 51.2 Å². The number of aromatic nitrogens is 1. The highest BCUT2D eigenvalue weighted by Gasteiger charge is 2.13. The molecule has 2 aromatic carbocycles. The maximum atomic E-state index is 13.6. The minimum Gasteiger partial charge on any atom is -0.493 e. The third kappa shape index (κ3) is 3.30. The Hall–Kier alpha value is -2.51. The summed E-state index contributed by atoms with van der Waals surface area (Å²) in [6.07, 6.45) is 0. The number of benzene rings is 2. The second kappa shape index (κ2) is 6.31. The lowest BCUT2D eigenvalue weighted by Gasteiger charge is -2.02. The Morgan fingerprint density at radius 1 is 1.26 bits per heavy atom. The van der Waals surface area contributed by atoms with E-state index in [0.717, 1.165) is 0 Å². The van der Waals surface area contributed by atoms with E-state index in [0.29, 0.717) is 16.1 Å². The number of aromatic amines is 1. The van der Waals surface area contributed by atoms with Gasteiger partial charge < -0.3 is 15.4 Å². The van der Waals surface area contributed by atoms with Gasteiger partial charge in [0.25, 0.3) is 0 Å². The average Bonchev–Trinajstić information content (AvgIpc) is 2.82. The van der Waals surface area contributed by atoms with Crippen LogP contribution in [0.4, 0.5) is 15.8 Å². The number of halogens is 2. The molecule has 116 valence electrons. The molecule has 0 saturated carbocycles. The first-order chi connectivity index (χ1) is 11.0. The highest BCUT2D eigenvalue weighted by atomic mass is 35.5. The monoisotopic (exact) mass is 348 g/mol. The van der Waals surface area contributed by atoms with Crippen molar-refractivity contribution < 1.29 is 9.50 Å². The van der Waals surface area contributed by atoms with Gasteiger partial charge in [0.15, 0.2) is 5.69 Å². The number of nitrogens with one attached hydrogen (secondary N) is 2. The number of hydrogen-bond donors (Lipinski definition) is 3. The first-order valence-electron chi connectivity index (χ1n) is 6.52. The number of aromatic hydroxyl groups is 1. The minimum atomic E-state index is -0.487. The number of anilines is 1. The van der Waals surface area contributed by atoms with Gasteiger partial charge in [-0.25, -0.2) is 4.39 Å². The molecule has 1 heterocycles. The molecule has 5 nitrogen and oxygen atoms in total. The predicted molar refractivity (Wildman–Crippen MR) is 92.1 cm³/mol. The molecule has 8 heteroatoms. The number of thiocarbonyl (C=S) groups is 1. The molecule has 23 heavy (non-hydrogen) atoms. The third-order valence-corrected chi connectivity index (χ3v) is 3.47. The van der Waals surface area contributed by atoms with Crippen LogP contribution in [0.1, 0.15) is 0 Å². The van der Waals surface area contributed by atoms with E-state index >= 15 is 0 Å². The van der Waals surface area contributed by atoms with Gasteiger partial charge in [-0.15, -0.1) is 10.2 Å². The summed E-state index contributed by atoms with van der Waals surface area (Å²) in [6, 6.07) is 11.4. The molecule has 3 rings (SSSR count). The van der Waals surface area contributed by atoms with Crippen molar-refractivity contribution in [1.29, 1.82) is 0 Å². The maximum Gasteiger partial charge on any atom is 0.218 e. The average molecular weight is 349 g/mol. The van der Waals surface area contributed by atoms with Crippen LogP contribution in [0, 0.1) is 5.82 Å². The van der Waals surface area contributed by atoms with Crippen molar-refractivity contribution in [2.75, 3.05) is 5.32 Å². The molecule has 0 unspecified atom stereocenters. The molecule has 3 aromatic rings. The molecular formula is C15H10ClFN4OS. The fraction of sp³-hybridized carbons (Fsp3) is 0. The van der Waals surface area contributed by atoms with Crippen LogP contribution in [0.25, 0.3) is 10.9 Å². The van der Waals surface area contributed by atoms with E-state index in [1.807, 2.05) is 0 Å². The standard InChI is InChI=1S/C15H10ClFN4OS/c16-8-3-1-4-9(7-8)18-15(23)21-20-13-10-5-2-6-11(17)12(10)19-14(13)22/h1-7,19,22H,(H,18,23).